The van der Waals surface area contributed by atoms with E-state index in [-0.39, 0.29) is 24.2 Å². The Morgan fingerprint density at radius 1 is 0.906 bits per heavy atom. The minimum atomic E-state index is -4.41. The molecule has 4 aromatic rings. The minimum Gasteiger partial charge on any atom is -0.339 e. The van der Waals surface area contributed by atoms with Crippen molar-refractivity contribution in [2.24, 2.45) is 5.92 Å². The molecule has 53 heavy (non-hydrogen) atoms. The van der Waals surface area contributed by atoms with Gasteiger partial charge in [0.2, 0.25) is 5.91 Å². The maximum absolute atomic E-state index is 14.0. The van der Waals surface area contributed by atoms with E-state index in [0.717, 1.165) is 54.2 Å². The van der Waals surface area contributed by atoms with Crippen molar-refractivity contribution in [1.82, 2.24) is 29.6 Å². The van der Waals surface area contributed by atoms with Crippen LogP contribution in [-0.4, -0.2) is 74.8 Å². The number of carbonyl (C=O) groups excluding carboxylic acids is 2. The van der Waals surface area contributed by atoms with E-state index in [1.807, 2.05) is 47.1 Å². The van der Waals surface area contributed by atoms with Gasteiger partial charge in [0.25, 0.3) is 5.91 Å². The molecule has 2 amide bonds. The van der Waals surface area contributed by atoms with Crippen molar-refractivity contribution < 1.29 is 27.2 Å². The third-order valence-corrected chi connectivity index (χ3v) is 10.9. The van der Waals surface area contributed by atoms with Gasteiger partial charge in [-0.3, -0.25) is 9.59 Å². The Balaban J connectivity index is 1.29. The van der Waals surface area contributed by atoms with Crippen molar-refractivity contribution in [3.05, 3.63) is 137 Å². The maximum atomic E-state index is 14.0. The van der Waals surface area contributed by atoms with Gasteiger partial charge >= 0.3 is 6.18 Å². The highest BCUT2D eigenvalue weighted by molar-refractivity contribution is 7.99. The predicted molar refractivity (Wildman–Crippen MR) is 199 cm³/mol. The van der Waals surface area contributed by atoms with Gasteiger partial charge in [-0.25, -0.2) is 9.37 Å². The van der Waals surface area contributed by atoms with Crippen molar-refractivity contribution >= 4 is 23.6 Å². The second kappa shape index (κ2) is 16.4. The smallest absolute Gasteiger partial charge is 0.339 e. The molecule has 2 atom stereocenters. The number of hydrogen-bond donors (Lipinski definition) is 1. The number of halogens is 4. The van der Waals surface area contributed by atoms with Gasteiger partial charge in [0.15, 0.2) is 5.50 Å². The van der Waals surface area contributed by atoms with Crippen LogP contribution in [0, 0.1) is 11.7 Å². The molecule has 0 spiro atoms. The van der Waals surface area contributed by atoms with Crippen molar-refractivity contribution in [3.8, 4) is 11.1 Å². The molecular weight excluding hydrogens is 705 g/mol. The van der Waals surface area contributed by atoms with Crippen molar-refractivity contribution in [2.75, 3.05) is 33.2 Å². The topological polar surface area (TPSA) is 73.7 Å². The summed E-state index contributed by atoms with van der Waals surface area (Å²) in [5.74, 6) is 0.0830. The molecule has 0 radical (unpaired) electrons. The van der Waals surface area contributed by atoms with Crippen LogP contribution in [0.15, 0.2) is 103 Å². The number of carbonyl (C=O) groups is 2. The van der Waals surface area contributed by atoms with E-state index >= 15 is 0 Å². The molecule has 1 fully saturated rings. The highest BCUT2D eigenvalue weighted by atomic mass is 32.2. The summed E-state index contributed by atoms with van der Waals surface area (Å²) in [4.78, 5) is 38.0. The standard InChI is InChI=1S/C40H42F4N6O2S/c1-4-48(5-2)22-21-47(3)38(52)35-23-45-36(49(35)24-27-9-13-29(14-10-27)30-15-17-31(18-16-30)40(42,43)44)25-50-34-8-6-7-33(34)37(51)46-39(50)53-26-28-11-19-32(41)20-12-28/h6-20,23,33,39H,4-5,21-22,24-26H2,1-3H3,(H,46,51). The summed E-state index contributed by atoms with van der Waals surface area (Å²) in [6.45, 7) is 7.78. The molecular formula is C40H42F4N6O2S. The molecule has 6 rings (SSSR count). The lowest BCUT2D eigenvalue weighted by Gasteiger charge is -2.41. The lowest BCUT2D eigenvalue weighted by Crippen LogP contribution is -2.54. The minimum absolute atomic E-state index is 0.111. The number of allylic oxidation sites excluding steroid dienone is 2. The lowest BCUT2D eigenvalue weighted by molar-refractivity contribution is -0.137. The Hall–Kier alpha value is -4.88. The van der Waals surface area contributed by atoms with Crippen LogP contribution in [-0.2, 0) is 29.8 Å². The van der Waals surface area contributed by atoms with Crippen LogP contribution in [0.25, 0.3) is 11.1 Å². The average Bonchev–Trinajstić information content (AvgIpc) is 3.81. The van der Waals surface area contributed by atoms with Crippen LogP contribution in [0.4, 0.5) is 17.6 Å². The molecule has 1 N–H and O–H groups in total. The molecule has 1 aliphatic carbocycles. The van der Waals surface area contributed by atoms with E-state index in [2.05, 4.69) is 29.0 Å². The van der Waals surface area contributed by atoms with E-state index in [4.69, 9.17) is 4.98 Å². The van der Waals surface area contributed by atoms with Gasteiger partial charge in [0, 0.05) is 38.1 Å². The Morgan fingerprint density at radius 3 is 2.19 bits per heavy atom. The fraction of sp³-hybridized carbons (Fsp3) is 0.325. The molecule has 8 nitrogen and oxygen atoms in total. The first-order chi connectivity index (χ1) is 25.4. The van der Waals surface area contributed by atoms with Gasteiger partial charge in [-0.15, -0.1) is 11.8 Å². The second-order valence-corrected chi connectivity index (χ2v) is 14.1. The van der Waals surface area contributed by atoms with E-state index < -0.39 is 23.2 Å². The highest BCUT2D eigenvalue weighted by Crippen LogP contribution is 2.35. The van der Waals surface area contributed by atoms with Crippen LogP contribution in [0.2, 0.25) is 0 Å². The van der Waals surface area contributed by atoms with E-state index in [9.17, 15) is 27.2 Å². The number of benzene rings is 3. The van der Waals surface area contributed by atoms with Gasteiger partial charge in [-0.2, -0.15) is 13.2 Å². The van der Waals surface area contributed by atoms with Crippen LogP contribution >= 0.6 is 11.8 Å². The Bertz CT molecular complexity index is 1950. The zero-order valence-electron chi connectivity index (χ0n) is 29.8. The lowest BCUT2D eigenvalue weighted by atomic mass is 10.0. The summed E-state index contributed by atoms with van der Waals surface area (Å²) in [6.07, 6.45) is 2.83. The van der Waals surface area contributed by atoms with Crippen LogP contribution in [0.5, 0.6) is 0 Å². The molecule has 2 unspecified atom stereocenters. The first kappa shape index (κ1) is 37.9. The zero-order valence-corrected chi connectivity index (χ0v) is 30.6. The van der Waals surface area contributed by atoms with E-state index in [1.54, 1.807) is 30.3 Å². The first-order valence-corrected chi connectivity index (χ1v) is 18.6. The Labute approximate surface area is 311 Å². The van der Waals surface area contributed by atoms with Gasteiger partial charge in [-0.05, 0) is 65.7 Å². The third-order valence-electron chi connectivity index (χ3n) is 9.68. The molecule has 1 saturated heterocycles. The first-order valence-electron chi connectivity index (χ1n) is 17.5. The van der Waals surface area contributed by atoms with Gasteiger partial charge < -0.3 is 24.6 Å². The third kappa shape index (κ3) is 8.85. The van der Waals surface area contributed by atoms with E-state index in [1.165, 1.54) is 36.0 Å². The van der Waals surface area contributed by atoms with Crippen LogP contribution in [0.1, 0.15) is 46.9 Å². The molecule has 2 aliphatic rings. The number of nitrogens with one attached hydrogen (secondary N) is 1. The highest BCUT2D eigenvalue weighted by Gasteiger charge is 2.39. The number of thioether (sulfide) groups is 1. The molecule has 1 aliphatic heterocycles. The number of amides is 2. The number of imidazole rings is 1. The summed E-state index contributed by atoms with van der Waals surface area (Å²) < 4.78 is 54.9. The fourth-order valence-electron chi connectivity index (χ4n) is 6.45. The van der Waals surface area contributed by atoms with Crippen molar-refractivity contribution in [2.45, 2.75) is 44.4 Å². The SMILES string of the molecule is CCN(CC)CCN(C)C(=O)c1cnc(CN2C3=CC=CC3C(=O)NC2SCc2ccc(F)cc2)n1Cc1ccc(-c2ccc(C(F)(F)F)cc2)cc1. The van der Waals surface area contributed by atoms with Gasteiger partial charge in [-0.1, -0.05) is 74.5 Å². The van der Waals surface area contributed by atoms with Gasteiger partial charge in [0.05, 0.1) is 24.2 Å². The molecule has 3 aromatic carbocycles. The predicted octanol–water partition coefficient (Wildman–Crippen LogP) is 7.39. The summed E-state index contributed by atoms with van der Waals surface area (Å²) in [6, 6.07) is 18.8. The molecule has 278 valence electrons. The quantitative estimate of drug-likeness (QED) is 0.136. The van der Waals surface area contributed by atoms with Crippen LogP contribution < -0.4 is 5.32 Å². The number of fused-ring (bicyclic) bond motifs is 1. The zero-order chi connectivity index (χ0) is 37.7. The van der Waals surface area contributed by atoms with Gasteiger partial charge in [0.1, 0.15) is 17.3 Å². The summed E-state index contributed by atoms with van der Waals surface area (Å²) >= 11 is 1.50. The Kier molecular flexibility index (Phi) is 11.7. The molecule has 0 bridgehead atoms. The van der Waals surface area contributed by atoms with Crippen molar-refractivity contribution in [3.63, 3.8) is 0 Å². The summed E-state index contributed by atoms with van der Waals surface area (Å²) in [5, 5.41) is 3.13. The number of rotatable bonds is 14. The fourth-order valence-corrected chi connectivity index (χ4v) is 7.57. The maximum Gasteiger partial charge on any atom is 0.416 e. The molecule has 2 heterocycles. The van der Waals surface area contributed by atoms with Crippen LogP contribution in [0.3, 0.4) is 0 Å². The molecule has 1 aromatic heterocycles. The number of hydrogen-bond acceptors (Lipinski definition) is 6. The molecule has 0 saturated carbocycles. The second-order valence-electron chi connectivity index (χ2n) is 13.1. The number of aromatic nitrogens is 2. The summed E-state index contributed by atoms with van der Waals surface area (Å²) in [5.41, 5.74) is 3.27. The number of nitrogens with zero attached hydrogens (tertiary/aromatic N) is 5. The van der Waals surface area contributed by atoms with Crippen molar-refractivity contribution in [1.29, 1.82) is 0 Å². The molecule has 13 heteroatoms. The normalized spacial score (nSPS) is 16.9. The Morgan fingerprint density at radius 2 is 1.55 bits per heavy atom. The number of alkyl halides is 3. The van der Waals surface area contributed by atoms with E-state index in [0.29, 0.717) is 35.9 Å². The summed E-state index contributed by atoms with van der Waals surface area (Å²) in [7, 11) is 1.78. The monoisotopic (exact) mass is 746 g/mol. The average molecular weight is 747 g/mol. The number of likely N-dealkylation sites (N-methyl/N-ethyl adjacent to an activating group) is 2. The largest absolute Gasteiger partial charge is 0.416 e.